The van der Waals surface area contributed by atoms with Crippen molar-refractivity contribution in [2.45, 2.75) is 13.0 Å². The standard InChI is InChI=1S/C27H25N3O4/c1-19(21-7-4-3-5-8-21)29-26(31)18-34-24-13-11-20(12-14-24)15-22(17-28)27(32)30-23-9-6-10-25(16-23)33-2/h3-16,19H,18H2,1-2H3,(H,29,31)(H,30,32)/b22-15+/t19-/m1/s1. The van der Waals surface area contributed by atoms with Crippen LogP contribution in [0, 0.1) is 11.3 Å². The van der Waals surface area contributed by atoms with E-state index in [1.807, 2.05) is 43.3 Å². The molecule has 0 aliphatic heterocycles. The van der Waals surface area contributed by atoms with E-state index in [1.165, 1.54) is 13.2 Å². The minimum Gasteiger partial charge on any atom is -0.497 e. The molecule has 3 rings (SSSR count). The van der Waals surface area contributed by atoms with Crippen LogP contribution in [-0.4, -0.2) is 25.5 Å². The number of carbonyl (C=O) groups is 2. The third-order valence-electron chi connectivity index (χ3n) is 4.93. The highest BCUT2D eigenvalue weighted by atomic mass is 16.5. The molecule has 0 aliphatic carbocycles. The van der Waals surface area contributed by atoms with Crippen LogP contribution in [0.4, 0.5) is 5.69 Å². The van der Waals surface area contributed by atoms with E-state index in [-0.39, 0.29) is 24.1 Å². The summed E-state index contributed by atoms with van der Waals surface area (Å²) in [5, 5.41) is 15.0. The highest BCUT2D eigenvalue weighted by Crippen LogP contribution is 2.19. The van der Waals surface area contributed by atoms with Crippen molar-refractivity contribution >= 4 is 23.6 Å². The number of nitrogens with zero attached hydrogens (tertiary/aromatic N) is 1. The van der Waals surface area contributed by atoms with Crippen molar-refractivity contribution in [1.29, 1.82) is 5.26 Å². The number of carbonyl (C=O) groups excluding carboxylic acids is 2. The molecular weight excluding hydrogens is 430 g/mol. The molecule has 3 aromatic carbocycles. The maximum absolute atomic E-state index is 12.5. The van der Waals surface area contributed by atoms with Crippen molar-refractivity contribution in [3.05, 3.63) is 95.6 Å². The summed E-state index contributed by atoms with van der Waals surface area (Å²) >= 11 is 0. The monoisotopic (exact) mass is 455 g/mol. The Morgan fingerprint density at radius 1 is 1.00 bits per heavy atom. The van der Waals surface area contributed by atoms with E-state index < -0.39 is 5.91 Å². The molecular formula is C27H25N3O4. The van der Waals surface area contributed by atoms with Crippen molar-refractivity contribution in [2.24, 2.45) is 0 Å². The van der Waals surface area contributed by atoms with Gasteiger partial charge in [0.05, 0.1) is 13.2 Å². The molecule has 0 unspecified atom stereocenters. The van der Waals surface area contributed by atoms with Crippen LogP contribution in [0.15, 0.2) is 84.4 Å². The summed E-state index contributed by atoms with van der Waals surface area (Å²) < 4.78 is 10.7. The van der Waals surface area contributed by atoms with Crippen molar-refractivity contribution in [2.75, 3.05) is 19.0 Å². The van der Waals surface area contributed by atoms with Crippen molar-refractivity contribution in [3.63, 3.8) is 0 Å². The van der Waals surface area contributed by atoms with E-state index >= 15 is 0 Å². The molecule has 7 heteroatoms. The first kappa shape index (κ1) is 24.1. The van der Waals surface area contributed by atoms with Crippen molar-refractivity contribution in [1.82, 2.24) is 5.32 Å². The molecule has 0 aromatic heterocycles. The number of nitrogens with one attached hydrogen (secondary N) is 2. The number of ether oxygens (including phenoxy) is 2. The van der Waals surface area contributed by atoms with Gasteiger partial charge in [0.15, 0.2) is 6.61 Å². The van der Waals surface area contributed by atoms with E-state index in [9.17, 15) is 14.9 Å². The first-order valence-corrected chi connectivity index (χ1v) is 10.6. The van der Waals surface area contributed by atoms with E-state index in [0.29, 0.717) is 22.7 Å². The van der Waals surface area contributed by atoms with E-state index in [4.69, 9.17) is 9.47 Å². The van der Waals surface area contributed by atoms with Crippen LogP contribution in [0.3, 0.4) is 0 Å². The van der Waals surface area contributed by atoms with Crippen LogP contribution in [0.5, 0.6) is 11.5 Å². The van der Waals surface area contributed by atoms with Gasteiger partial charge in [0.1, 0.15) is 23.1 Å². The van der Waals surface area contributed by atoms with Crippen LogP contribution < -0.4 is 20.1 Å². The second-order valence-electron chi connectivity index (χ2n) is 7.41. The topological polar surface area (TPSA) is 100 Å². The Hall–Kier alpha value is -4.57. The highest BCUT2D eigenvalue weighted by Gasteiger charge is 2.11. The van der Waals surface area contributed by atoms with E-state index in [0.717, 1.165) is 5.56 Å². The number of rotatable bonds is 9. The van der Waals surface area contributed by atoms with E-state index in [2.05, 4.69) is 10.6 Å². The number of hydrogen-bond donors (Lipinski definition) is 2. The maximum atomic E-state index is 12.5. The number of nitriles is 1. The van der Waals surface area contributed by atoms with Gasteiger partial charge in [0.2, 0.25) is 0 Å². The molecule has 2 amide bonds. The Morgan fingerprint density at radius 3 is 2.41 bits per heavy atom. The third-order valence-corrected chi connectivity index (χ3v) is 4.93. The van der Waals surface area contributed by atoms with Gasteiger partial charge in [-0.05, 0) is 48.4 Å². The van der Waals surface area contributed by atoms with Crippen LogP contribution in [0.1, 0.15) is 24.1 Å². The van der Waals surface area contributed by atoms with Gasteiger partial charge in [-0.2, -0.15) is 5.26 Å². The molecule has 0 radical (unpaired) electrons. The fourth-order valence-electron chi connectivity index (χ4n) is 3.13. The van der Waals surface area contributed by atoms with Crippen molar-refractivity contribution in [3.8, 4) is 17.6 Å². The maximum Gasteiger partial charge on any atom is 0.266 e. The predicted molar refractivity (Wildman–Crippen MR) is 130 cm³/mol. The Morgan fingerprint density at radius 2 is 1.74 bits per heavy atom. The lowest BCUT2D eigenvalue weighted by Gasteiger charge is -2.14. The lowest BCUT2D eigenvalue weighted by atomic mass is 10.1. The Labute approximate surface area is 198 Å². The minimum atomic E-state index is -0.528. The summed E-state index contributed by atoms with van der Waals surface area (Å²) in [7, 11) is 1.53. The zero-order valence-corrected chi connectivity index (χ0v) is 18.9. The normalized spacial score (nSPS) is 11.6. The molecule has 7 nitrogen and oxygen atoms in total. The molecule has 0 aliphatic rings. The van der Waals surface area contributed by atoms with Gasteiger partial charge in [-0.3, -0.25) is 9.59 Å². The SMILES string of the molecule is COc1cccc(NC(=O)/C(C#N)=C/c2ccc(OCC(=O)N[C@H](C)c3ccccc3)cc2)c1. The number of hydrogen-bond acceptors (Lipinski definition) is 5. The summed E-state index contributed by atoms with van der Waals surface area (Å²) in [4.78, 5) is 24.7. The minimum absolute atomic E-state index is 0.0502. The summed E-state index contributed by atoms with van der Waals surface area (Å²) in [5.41, 5.74) is 2.13. The first-order valence-electron chi connectivity index (χ1n) is 10.6. The van der Waals surface area contributed by atoms with Gasteiger partial charge < -0.3 is 20.1 Å². The zero-order chi connectivity index (χ0) is 24.3. The van der Waals surface area contributed by atoms with Crippen LogP contribution in [0.25, 0.3) is 6.08 Å². The Bertz CT molecular complexity index is 1200. The van der Waals surface area contributed by atoms with Gasteiger partial charge in [0.25, 0.3) is 11.8 Å². The van der Waals surface area contributed by atoms with Gasteiger partial charge in [-0.1, -0.05) is 48.5 Å². The van der Waals surface area contributed by atoms with Gasteiger partial charge in [-0.25, -0.2) is 0 Å². The molecule has 0 bridgehead atoms. The molecule has 34 heavy (non-hydrogen) atoms. The molecule has 0 spiro atoms. The second kappa shape index (κ2) is 11.9. The lowest BCUT2D eigenvalue weighted by molar-refractivity contribution is -0.123. The molecule has 2 N–H and O–H groups in total. The lowest BCUT2D eigenvalue weighted by Crippen LogP contribution is -2.31. The molecule has 0 fully saturated rings. The van der Waals surface area contributed by atoms with Crippen LogP contribution in [0.2, 0.25) is 0 Å². The number of anilines is 1. The average molecular weight is 456 g/mol. The van der Waals surface area contributed by atoms with Gasteiger partial charge in [-0.15, -0.1) is 0 Å². The van der Waals surface area contributed by atoms with Gasteiger partial charge >= 0.3 is 0 Å². The average Bonchev–Trinajstić information content (AvgIpc) is 2.87. The molecule has 0 saturated heterocycles. The number of amides is 2. The zero-order valence-electron chi connectivity index (χ0n) is 18.9. The van der Waals surface area contributed by atoms with E-state index in [1.54, 1.807) is 48.5 Å². The van der Waals surface area contributed by atoms with Crippen LogP contribution in [-0.2, 0) is 9.59 Å². The summed E-state index contributed by atoms with van der Waals surface area (Å²) in [6, 6.07) is 25.1. The fraction of sp³-hybridized carbons (Fsp3) is 0.148. The molecule has 3 aromatic rings. The summed E-state index contributed by atoms with van der Waals surface area (Å²) in [6.45, 7) is 1.78. The third kappa shape index (κ3) is 6.97. The molecule has 0 heterocycles. The molecule has 172 valence electrons. The molecule has 1 atom stereocenters. The number of methoxy groups -OCH3 is 1. The predicted octanol–water partition coefficient (Wildman–Crippen LogP) is 4.50. The quantitative estimate of drug-likeness (QED) is 0.366. The van der Waals surface area contributed by atoms with Crippen LogP contribution >= 0.6 is 0 Å². The highest BCUT2D eigenvalue weighted by molar-refractivity contribution is 6.09. The number of benzene rings is 3. The summed E-state index contributed by atoms with van der Waals surface area (Å²) in [5.74, 6) is 0.333. The Kier molecular flexibility index (Phi) is 8.42. The first-order chi connectivity index (χ1) is 16.5. The largest absolute Gasteiger partial charge is 0.497 e. The van der Waals surface area contributed by atoms with Gasteiger partial charge in [0, 0.05) is 11.8 Å². The fourth-order valence-corrected chi connectivity index (χ4v) is 3.13. The smallest absolute Gasteiger partial charge is 0.266 e. The summed E-state index contributed by atoms with van der Waals surface area (Å²) in [6.07, 6.45) is 1.48. The Balaban J connectivity index is 1.55. The molecule has 0 saturated carbocycles. The van der Waals surface area contributed by atoms with Crippen molar-refractivity contribution < 1.29 is 19.1 Å². The second-order valence-corrected chi connectivity index (χ2v) is 7.41.